The topological polar surface area (TPSA) is 81.9 Å². The lowest BCUT2D eigenvalue weighted by atomic mass is 9.77. The highest BCUT2D eigenvalue weighted by Crippen LogP contribution is 2.52. The number of hydrogen-bond donors (Lipinski definition) is 1. The molecule has 2 heterocycles. The number of aromatic nitrogens is 4. The smallest absolute Gasteiger partial charge is 0.228 e. The number of anilines is 1. The van der Waals surface area contributed by atoms with E-state index in [-0.39, 0.29) is 12.3 Å². The van der Waals surface area contributed by atoms with Gasteiger partial charge in [-0.15, -0.1) is 5.10 Å². The molecule has 1 atom stereocenters. The van der Waals surface area contributed by atoms with Gasteiger partial charge < -0.3 is 10.1 Å². The van der Waals surface area contributed by atoms with Gasteiger partial charge in [0, 0.05) is 11.1 Å². The summed E-state index contributed by atoms with van der Waals surface area (Å²) in [5.41, 5.74) is 9.05. The van der Waals surface area contributed by atoms with E-state index in [1.54, 1.807) is 0 Å². The largest absolute Gasteiger partial charge is 0.491 e. The van der Waals surface area contributed by atoms with Crippen molar-refractivity contribution in [2.75, 3.05) is 11.9 Å². The third-order valence-electron chi connectivity index (χ3n) is 11.2. The van der Waals surface area contributed by atoms with Crippen molar-refractivity contribution in [3.63, 3.8) is 0 Å². The van der Waals surface area contributed by atoms with Gasteiger partial charge in [0.05, 0.1) is 18.7 Å². The van der Waals surface area contributed by atoms with Gasteiger partial charge in [-0.3, -0.25) is 4.79 Å². The maximum absolute atomic E-state index is 13.7. The van der Waals surface area contributed by atoms with Crippen molar-refractivity contribution in [1.82, 2.24) is 20.2 Å². The zero-order valence-electron chi connectivity index (χ0n) is 30.9. The Morgan fingerprint density at radius 1 is 0.745 bits per heavy atom. The second kappa shape index (κ2) is 14.8. The van der Waals surface area contributed by atoms with Gasteiger partial charge in [0.15, 0.2) is 5.82 Å². The Morgan fingerprint density at radius 3 is 1.96 bits per heavy atom. The summed E-state index contributed by atoms with van der Waals surface area (Å²) in [6.07, 6.45) is 4.75. The van der Waals surface area contributed by atoms with Gasteiger partial charge in [0.25, 0.3) is 0 Å². The van der Waals surface area contributed by atoms with Crippen LogP contribution in [0.4, 0.5) is 5.69 Å². The van der Waals surface area contributed by atoms with Gasteiger partial charge >= 0.3 is 0 Å². The number of fused-ring (bicyclic) bond motifs is 1. The SMILES string of the molecule is Cc1ccc(CC(=O)Nc2cc(-c3ccccc3-c3nnnn3C(c3ccccc3)(c3ccccc3)c3ccccc3)cc3c2OCCCC3C2CC2)cc1. The Morgan fingerprint density at radius 2 is 1.35 bits per heavy atom. The molecule has 1 amide bonds. The summed E-state index contributed by atoms with van der Waals surface area (Å²) in [5.74, 6) is 2.34. The molecule has 55 heavy (non-hydrogen) atoms. The average Bonchev–Trinajstić information content (AvgIpc) is 4.00. The number of carbonyl (C=O) groups excluding carboxylic acids is 1. The number of ether oxygens (including phenoxy) is 1. The van der Waals surface area contributed by atoms with E-state index >= 15 is 0 Å². The standard InChI is InChI=1S/C48H43N5O2/c1-33-23-25-34(26-24-33)30-45(54)49-44-32-36(31-43-40(35-27-28-35)22-13-29-55-46(43)44)41-20-11-12-21-42(41)47-50-51-52-53(47)48(37-14-5-2-6-15-37,38-16-7-3-8-17-38)39-18-9-4-10-19-39/h2-12,14-21,23-26,31-32,35,40H,13,22,27-30H2,1H3,(H,49,54). The molecule has 1 aromatic heterocycles. The number of nitrogens with zero attached hydrogens (tertiary/aromatic N) is 4. The molecule has 0 bridgehead atoms. The molecular weight excluding hydrogens is 679 g/mol. The van der Waals surface area contributed by atoms with E-state index in [9.17, 15) is 4.79 Å². The molecule has 1 saturated carbocycles. The summed E-state index contributed by atoms with van der Waals surface area (Å²) in [4.78, 5) is 13.7. The molecule has 7 heteroatoms. The van der Waals surface area contributed by atoms with Crippen molar-refractivity contribution < 1.29 is 9.53 Å². The molecule has 7 nitrogen and oxygen atoms in total. The lowest BCUT2D eigenvalue weighted by molar-refractivity contribution is -0.115. The highest BCUT2D eigenvalue weighted by molar-refractivity contribution is 5.96. The minimum absolute atomic E-state index is 0.0744. The first-order valence-corrected chi connectivity index (χ1v) is 19.3. The van der Waals surface area contributed by atoms with Crippen LogP contribution in [-0.2, 0) is 16.8 Å². The van der Waals surface area contributed by atoms with Crippen LogP contribution in [0.15, 0.2) is 152 Å². The van der Waals surface area contributed by atoms with Crippen molar-refractivity contribution in [3.05, 3.63) is 185 Å². The second-order valence-corrected chi connectivity index (χ2v) is 14.9. The molecule has 7 aromatic rings. The van der Waals surface area contributed by atoms with E-state index in [1.807, 2.05) is 53.2 Å². The van der Waals surface area contributed by atoms with E-state index in [4.69, 9.17) is 15.0 Å². The molecule has 1 aliphatic carbocycles. The molecule has 1 fully saturated rings. The molecule has 9 rings (SSSR count). The maximum atomic E-state index is 13.7. The quantitative estimate of drug-likeness (QED) is 0.142. The van der Waals surface area contributed by atoms with Crippen LogP contribution >= 0.6 is 0 Å². The zero-order chi connectivity index (χ0) is 37.2. The van der Waals surface area contributed by atoms with Crippen LogP contribution in [0.3, 0.4) is 0 Å². The minimum Gasteiger partial charge on any atom is -0.491 e. The molecule has 272 valence electrons. The van der Waals surface area contributed by atoms with E-state index in [1.165, 1.54) is 24.0 Å². The van der Waals surface area contributed by atoms with E-state index in [0.29, 0.717) is 30.0 Å². The summed E-state index contributed by atoms with van der Waals surface area (Å²) >= 11 is 0. The van der Waals surface area contributed by atoms with Crippen LogP contribution in [0.25, 0.3) is 22.5 Å². The van der Waals surface area contributed by atoms with Gasteiger partial charge in [0.1, 0.15) is 11.3 Å². The molecular formula is C48H43N5O2. The van der Waals surface area contributed by atoms with Crippen LogP contribution in [0.5, 0.6) is 5.75 Å². The first-order chi connectivity index (χ1) is 27.1. The lowest BCUT2D eigenvalue weighted by Crippen LogP contribution is -2.39. The Bertz CT molecular complexity index is 2330. The normalized spacial score (nSPS) is 15.4. The summed E-state index contributed by atoms with van der Waals surface area (Å²) in [5, 5.41) is 17.3. The number of rotatable bonds is 10. The third-order valence-corrected chi connectivity index (χ3v) is 11.2. The fraction of sp³-hybridized carbons (Fsp3) is 0.208. The summed E-state index contributed by atoms with van der Waals surface area (Å²) in [6.45, 7) is 2.68. The highest BCUT2D eigenvalue weighted by Gasteiger charge is 2.42. The lowest BCUT2D eigenvalue weighted by Gasteiger charge is -2.36. The number of tetrazole rings is 1. The van der Waals surface area contributed by atoms with Crippen molar-refractivity contribution in [1.29, 1.82) is 0 Å². The Labute approximate surface area is 322 Å². The first-order valence-electron chi connectivity index (χ1n) is 19.3. The van der Waals surface area contributed by atoms with Crippen LogP contribution in [0.2, 0.25) is 0 Å². The Balaban J connectivity index is 1.22. The van der Waals surface area contributed by atoms with E-state index < -0.39 is 5.54 Å². The van der Waals surface area contributed by atoms with Crippen LogP contribution in [-0.4, -0.2) is 32.7 Å². The van der Waals surface area contributed by atoms with Gasteiger partial charge in [-0.2, -0.15) is 0 Å². The molecule has 0 spiro atoms. The first kappa shape index (κ1) is 34.4. The minimum atomic E-state index is -0.899. The van der Waals surface area contributed by atoms with Gasteiger partial charge in [-0.25, -0.2) is 4.68 Å². The molecule has 6 aromatic carbocycles. The molecule has 1 N–H and O–H groups in total. The van der Waals surface area contributed by atoms with E-state index in [2.05, 4.69) is 121 Å². The monoisotopic (exact) mass is 721 g/mol. The predicted molar refractivity (Wildman–Crippen MR) is 217 cm³/mol. The fourth-order valence-corrected chi connectivity index (χ4v) is 8.46. The number of amides is 1. The zero-order valence-corrected chi connectivity index (χ0v) is 30.9. The molecule has 1 aliphatic heterocycles. The van der Waals surface area contributed by atoms with Crippen molar-refractivity contribution >= 4 is 11.6 Å². The van der Waals surface area contributed by atoms with E-state index in [0.717, 1.165) is 57.5 Å². The number of nitrogens with one attached hydrogen (secondary N) is 1. The van der Waals surface area contributed by atoms with Gasteiger partial charge in [-0.05, 0) is 100 Å². The molecule has 1 unspecified atom stereocenters. The van der Waals surface area contributed by atoms with Crippen molar-refractivity contribution in [3.8, 4) is 28.3 Å². The number of benzene rings is 6. The summed E-state index contributed by atoms with van der Waals surface area (Å²) in [7, 11) is 0. The molecule has 0 saturated heterocycles. The van der Waals surface area contributed by atoms with Crippen molar-refractivity contribution in [2.45, 2.75) is 50.5 Å². The highest BCUT2D eigenvalue weighted by atomic mass is 16.5. The average molecular weight is 722 g/mol. The number of aryl methyl sites for hydroxylation is 1. The van der Waals surface area contributed by atoms with Crippen LogP contribution in [0.1, 0.15) is 65.0 Å². The maximum Gasteiger partial charge on any atom is 0.228 e. The predicted octanol–water partition coefficient (Wildman–Crippen LogP) is 10.0. The van der Waals surface area contributed by atoms with Crippen molar-refractivity contribution in [2.24, 2.45) is 5.92 Å². The van der Waals surface area contributed by atoms with Gasteiger partial charge in [0.2, 0.25) is 5.91 Å². The molecule has 0 radical (unpaired) electrons. The summed E-state index contributed by atoms with van der Waals surface area (Å²) in [6, 6.07) is 52.2. The fourth-order valence-electron chi connectivity index (χ4n) is 8.46. The molecule has 2 aliphatic rings. The summed E-state index contributed by atoms with van der Waals surface area (Å²) < 4.78 is 8.49. The van der Waals surface area contributed by atoms with Crippen LogP contribution < -0.4 is 10.1 Å². The van der Waals surface area contributed by atoms with Crippen LogP contribution in [0, 0.1) is 12.8 Å². The van der Waals surface area contributed by atoms with Gasteiger partial charge in [-0.1, -0.05) is 145 Å². The second-order valence-electron chi connectivity index (χ2n) is 14.9. The number of carbonyl (C=O) groups is 1. The number of hydrogen-bond acceptors (Lipinski definition) is 5. The third kappa shape index (κ3) is 6.60. The Kier molecular flexibility index (Phi) is 9.28. The Hall–Kier alpha value is -6.34.